The zero-order valence-electron chi connectivity index (χ0n) is 13.9. The predicted molar refractivity (Wildman–Crippen MR) is 89.0 cm³/mol. The standard InChI is InChI=1S/C18H17F3N2O3/c1-2-16(24)22-23(15-11-7-6-10-14(15)18(19,20)21)17(25)26-12-13-8-4-3-5-9-13/h3-11H,2,12H2,1H3,(H,22,24). The van der Waals surface area contributed by atoms with E-state index in [2.05, 4.69) is 5.43 Å². The molecule has 0 spiro atoms. The Kier molecular flexibility index (Phi) is 6.21. The molecule has 2 amide bonds. The number of alkyl halides is 3. The maximum absolute atomic E-state index is 13.3. The largest absolute Gasteiger partial charge is 0.443 e. The van der Waals surface area contributed by atoms with Crippen LogP contribution in [0.2, 0.25) is 0 Å². The highest BCUT2D eigenvalue weighted by Crippen LogP contribution is 2.36. The number of carbonyl (C=O) groups excluding carboxylic acids is 2. The van der Waals surface area contributed by atoms with Gasteiger partial charge in [-0.25, -0.2) is 4.79 Å². The Balaban J connectivity index is 2.29. The summed E-state index contributed by atoms with van der Waals surface area (Å²) in [5.74, 6) is -0.626. The first-order valence-electron chi connectivity index (χ1n) is 7.79. The molecule has 2 aromatic rings. The van der Waals surface area contributed by atoms with E-state index < -0.39 is 29.4 Å². The van der Waals surface area contributed by atoms with Crippen LogP contribution in [0.15, 0.2) is 54.6 Å². The number of benzene rings is 2. The van der Waals surface area contributed by atoms with Gasteiger partial charge in [-0.2, -0.15) is 18.2 Å². The van der Waals surface area contributed by atoms with Gasteiger partial charge in [-0.15, -0.1) is 0 Å². The zero-order chi connectivity index (χ0) is 19.2. The number of rotatable bonds is 4. The summed E-state index contributed by atoms with van der Waals surface area (Å²) in [6.07, 6.45) is -5.84. The minimum atomic E-state index is -4.70. The summed E-state index contributed by atoms with van der Waals surface area (Å²) in [6.45, 7) is 1.37. The van der Waals surface area contributed by atoms with E-state index in [1.54, 1.807) is 30.3 Å². The molecule has 2 rings (SSSR count). The van der Waals surface area contributed by atoms with Gasteiger partial charge in [0.2, 0.25) is 5.91 Å². The molecular weight excluding hydrogens is 349 g/mol. The third-order valence-electron chi connectivity index (χ3n) is 3.40. The molecule has 0 aliphatic rings. The van der Waals surface area contributed by atoms with Gasteiger partial charge in [0.25, 0.3) is 0 Å². The maximum atomic E-state index is 13.3. The minimum Gasteiger partial charge on any atom is -0.443 e. The van der Waals surface area contributed by atoms with Crippen LogP contribution in [0, 0.1) is 0 Å². The number of nitrogens with zero attached hydrogens (tertiary/aromatic N) is 1. The van der Waals surface area contributed by atoms with Gasteiger partial charge in [0.1, 0.15) is 6.61 Å². The molecule has 0 bridgehead atoms. The monoisotopic (exact) mass is 366 g/mol. The molecule has 0 heterocycles. The number of hydrogen-bond donors (Lipinski definition) is 1. The fraction of sp³-hybridized carbons (Fsp3) is 0.222. The SMILES string of the molecule is CCC(=O)NN(C(=O)OCc1ccccc1)c1ccccc1C(F)(F)F. The molecule has 0 fully saturated rings. The van der Waals surface area contributed by atoms with Gasteiger partial charge in [0.05, 0.1) is 11.3 Å². The van der Waals surface area contributed by atoms with Crippen molar-refractivity contribution in [1.82, 2.24) is 5.43 Å². The van der Waals surface area contributed by atoms with Crippen molar-refractivity contribution in [3.63, 3.8) is 0 Å². The van der Waals surface area contributed by atoms with E-state index in [-0.39, 0.29) is 13.0 Å². The lowest BCUT2D eigenvalue weighted by molar-refractivity contribution is -0.137. The van der Waals surface area contributed by atoms with E-state index in [1.165, 1.54) is 19.1 Å². The second-order valence-electron chi connectivity index (χ2n) is 5.28. The summed E-state index contributed by atoms with van der Waals surface area (Å²) in [5.41, 5.74) is 1.23. The van der Waals surface area contributed by atoms with Crippen molar-refractivity contribution in [3.05, 3.63) is 65.7 Å². The second-order valence-corrected chi connectivity index (χ2v) is 5.28. The van der Waals surface area contributed by atoms with E-state index in [9.17, 15) is 22.8 Å². The molecule has 0 aromatic heterocycles. The van der Waals surface area contributed by atoms with Crippen molar-refractivity contribution < 1.29 is 27.5 Å². The van der Waals surface area contributed by atoms with Crippen molar-refractivity contribution in [3.8, 4) is 0 Å². The molecule has 0 saturated heterocycles. The lowest BCUT2D eigenvalue weighted by Crippen LogP contribution is -2.47. The third-order valence-corrected chi connectivity index (χ3v) is 3.40. The Morgan fingerprint density at radius 3 is 2.27 bits per heavy atom. The summed E-state index contributed by atoms with van der Waals surface area (Å²) < 4.78 is 44.8. The molecule has 8 heteroatoms. The smallest absolute Gasteiger partial charge is 0.433 e. The first-order valence-corrected chi connectivity index (χ1v) is 7.79. The van der Waals surface area contributed by atoms with Crippen LogP contribution >= 0.6 is 0 Å². The Morgan fingerprint density at radius 2 is 1.65 bits per heavy atom. The summed E-state index contributed by atoms with van der Waals surface area (Å²) >= 11 is 0. The average molecular weight is 366 g/mol. The number of hydrazine groups is 1. The molecule has 0 aliphatic heterocycles. The normalized spacial score (nSPS) is 10.9. The molecule has 0 atom stereocenters. The first kappa shape index (κ1) is 19.3. The lowest BCUT2D eigenvalue weighted by Gasteiger charge is -2.25. The van der Waals surface area contributed by atoms with E-state index in [0.29, 0.717) is 10.6 Å². The number of para-hydroxylation sites is 1. The number of amides is 2. The topological polar surface area (TPSA) is 58.6 Å². The Hall–Kier alpha value is -3.03. The van der Waals surface area contributed by atoms with Crippen molar-refractivity contribution in [2.75, 3.05) is 5.01 Å². The molecule has 5 nitrogen and oxygen atoms in total. The first-order chi connectivity index (χ1) is 12.3. The van der Waals surface area contributed by atoms with Crippen molar-refractivity contribution in [2.45, 2.75) is 26.1 Å². The molecule has 138 valence electrons. The second kappa shape index (κ2) is 8.37. The van der Waals surface area contributed by atoms with Crippen LogP contribution in [0.25, 0.3) is 0 Å². The van der Waals surface area contributed by atoms with Gasteiger partial charge in [-0.05, 0) is 17.7 Å². The van der Waals surface area contributed by atoms with Crippen LogP contribution in [0.4, 0.5) is 23.7 Å². The molecular formula is C18H17F3N2O3. The molecule has 1 N–H and O–H groups in total. The fourth-order valence-corrected chi connectivity index (χ4v) is 2.10. The zero-order valence-corrected chi connectivity index (χ0v) is 13.9. The van der Waals surface area contributed by atoms with E-state index >= 15 is 0 Å². The van der Waals surface area contributed by atoms with Crippen LogP contribution in [0.1, 0.15) is 24.5 Å². The van der Waals surface area contributed by atoms with Crippen LogP contribution in [-0.4, -0.2) is 12.0 Å². The molecule has 2 aromatic carbocycles. The summed E-state index contributed by atoms with van der Waals surface area (Å²) in [5, 5.41) is 0.484. The Bertz CT molecular complexity index is 764. The average Bonchev–Trinajstić information content (AvgIpc) is 2.64. The number of anilines is 1. The molecule has 0 aliphatic carbocycles. The van der Waals surface area contributed by atoms with Crippen LogP contribution in [0.3, 0.4) is 0 Å². The van der Waals surface area contributed by atoms with Crippen molar-refractivity contribution in [2.24, 2.45) is 0 Å². The molecule has 26 heavy (non-hydrogen) atoms. The number of halogens is 3. The lowest BCUT2D eigenvalue weighted by atomic mass is 10.1. The number of ether oxygens (including phenoxy) is 1. The molecule has 0 unspecified atom stereocenters. The Morgan fingerprint density at radius 1 is 1.04 bits per heavy atom. The van der Waals surface area contributed by atoms with Gasteiger partial charge in [0.15, 0.2) is 0 Å². The summed E-state index contributed by atoms with van der Waals surface area (Å²) in [4.78, 5) is 24.1. The van der Waals surface area contributed by atoms with E-state index in [1.807, 2.05) is 0 Å². The van der Waals surface area contributed by atoms with Gasteiger partial charge in [-0.3, -0.25) is 10.2 Å². The number of nitrogens with one attached hydrogen (secondary N) is 1. The van der Waals surface area contributed by atoms with Crippen LogP contribution in [0.5, 0.6) is 0 Å². The van der Waals surface area contributed by atoms with Crippen LogP contribution in [-0.2, 0) is 22.3 Å². The van der Waals surface area contributed by atoms with Crippen molar-refractivity contribution >= 4 is 17.7 Å². The summed E-state index contributed by atoms with van der Waals surface area (Å²) in [7, 11) is 0. The summed E-state index contributed by atoms with van der Waals surface area (Å²) in [6, 6.07) is 13.1. The number of carbonyl (C=O) groups is 2. The van der Waals surface area contributed by atoms with Gasteiger partial charge < -0.3 is 4.74 Å². The Labute approximate surface area is 148 Å². The van der Waals surface area contributed by atoms with E-state index in [4.69, 9.17) is 4.74 Å². The molecule has 0 saturated carbocycles. The minimum absolute atomic E-state index is 0.0172. The highest BCUT2D eigenvalue weighted by Gasteiger charge is 2.36. The van der Waals surface area contributed by atoms with Crippen molar-refractivity contribution in [1.29, 1.82) is 0 Å². The van der Waals surface area contributed by atoms with Crippen LogP contribution < -0.4 is 10.4 Å². The fourth-order valence-electron chi connectivity index (χ4n) is 2.10. The number of hydrogen-bond acceptors (Lipinski definition) is 3. The van der Waals surface area contributed by atoms with E-state index in [0.717, 1.165) is 12.1 Å². The quantitative estimate of drug-likeness (QED) is 0.822. The molecule has 0 radical (unpaired) electrons. The van der Waals surface area contributed by atoms with Gasteiger partial charge in [-0.1, -0.05) is 49.4 Å². The predicted octanol–water partition coefficient (Wildman–Crippen LogP) is 4.29. The maximum Gasteiger partial charge on any atom is 0.433 e. The van der Waals surface area contributed by atoms with Gasteiger partial charge >= 0.3 is 12.3 Å². The highest BCUT2D eigenvalue weighted by atomic mass is 19.4. The highest BCUT2D eigenvalue weighted by molar-refractivity contribution is 5.92. The van der Waals surface area contributed by atoms with Gasteiger partial charge in [0, 0.05) is 6.42 Å². The third kappa shape index (κ3) is 4.98.